The van der Waals surface area contributed by atoms with Crippen molar-refractivity contribution >= 4 is 23.4 Å². The molecule has 0 bridgehead atoms. The zero-order valence-corrected chi connectivity index (χ0v) is 13.1. The van der Waals surface area contributed by atoms with E-state index in [4.69, 9.17) is 0 Å². The Kier molecular flexibility index (Phi) is 5.84. The van der Waals surface area contributed by atoms with Gasteiger partial charge >= 0.3 is 0 Å². The third-order valence-corrected chi connectivity index (χ3v) is 4.05. The maximum absolute atomic E-state index is 12.0. The van der Waals surface area contributed by atoms with Gasteiger partial charge in [0.25, 0.3) is 0 Å². The van der Waals surface area contributed by atoms with Crippen LogP contribution in [0.4, 0.5) is 5.69 Å². The fraction of sp³-hybridized carbons (Fsp3) is 0.235. The number of para-hydroxylation sites is 1. The number of amides is 1. The summed E-state index contributed by atoms with van der Waals surface area (Å²) in [5.41, 5.74) is 2.04. The summed E-state index contributed by atoms with van der Waals surface area (Å²) in [7, 11) is 0. The van der Waals surface area contributed by atoms with Gasteiger partial charge in [-0.2, -0.15) is 0 Å². The van der Waals surface area contributed by atoms with Gasteiger partial charge in [-0.15, -0.1) is 11.8 Å². The highest BCUT2D eigenvalue weighted by molar-refractivity contribution is 7.98. The lowest BCUT2D eigenvalue weighted by Gasteiger charge is -2.14. The molecule has 2 aromatic rings. The van der Waals surface area contributed by atoms with Crippen LogP contribution in [0, 0.1) is 0 Å². The van der Waals surface area contributed by atoms with Crippen molar-refractivity contribution in [1.29, 1.82) is 0 Å². The summed E-state index contributed by atoms with van der Waals surface area (Å²) in [6.07, 6.45) is 2.00. The summed E-state index contributed by atoms with van der Waals surface area (Å²) < 4.78 is 0. The third kappa shape index (κ3) is 4.62. The molecule has 0 fully saturated rings. The maximum Gasteiger partial charge on any atom is 0.238 e. The molecule has 0 aliphatic rings. The number of carbonyl (C=O) groups excluding carboxylic acids is 1. The highest BCUT2D eigenvalue weighted by atomic mass is 32.2. The van der Waals surface area contributed by atoms with Crippen LogP contribution in [0.3, 0.4) is 0 Å². The number of nitrogens with one attached hydrogen (secondary N) is 2. The van der Waals surface area contributed by atoms with Crippen molar-refractivity contribution in [3.05, 3.63) is 60.2 Å². The van der Waals surface area contributed by atoms with Crippen LogP contribution in [0.5, 0.6) is 0 Å². The Bertz CT molecular complexity index is 586. The fourth-order valence-corrected chi connectivity index (χ4v) is 2.60. The predicted octanol–water partition coefficient (Wildman–Crippen LogP) is 3.70. The van der Waals surface area contributed by atoms with Crippen LogP contribution in [0.2, 0.25) is 0 Å². The van der Waals surface area contributed by atoms with Crippen molar-refractivity contribution < 1.29 is 4.79 Å². The van der Waals surface area contributed by atoms with Crippen molar-refractivity contribution in [2.75, 3.05) is 18.1 Å². The van der Waals surface area contributed by atoms with Crippen LogP contribution >= 0.6 is 11.8 Å². The molecular weight excluding hydrogens is 280 g/mol. The summed E-state index contributed by atoms with van der Waals surface area (Å²) in [5.74, 6) is -0.0284. The molecule has 0 aliphatic heterocycles. The van der Waals surface area contributed by atoms with E-state index >= 15 is 0 Å². The van der Waals surface area contributed by atoms with Gasteiger partial charge in [0.05, 0.1) is 12.2 Å². The first-order valence-electron chi connectivity index (χ1n) is 6.92. The number of hydrogen-bond donors (Lipinski definition) is 2. The number of anilines is 1. The summed E-state index contributed by atoms with van der Waals surface area (Å²) in [4.78, 5) is 13.1. The van der Waals surface area contributed by atoms with Gasteiger partial charge < -0.3 is 10.6 Å². The average Bonchev–Trinajstić information content (AvgIpc) is 2.54. The summed E-state index contributed by atoms with van der Waals surface area (Å²) in [6.45, 7) is 2.34. The van der Waals surface area contributed by atoms with Crippen LogP contribution in [0.1, 0.15) is 18.5 Å². The Morgan fingerprint density at radius 2 is 1.76 bits per heavy atom. The molecule has 3 nitrogen and oxygen atoms in total. The number of rotatable bonds is 6. The molecule has 0 aromatic heterocycles. The molecule has 2 aromatic carbocycles. The standard InChI is InChI=1S/C17H20N2OS/c1-13(14-8-4-3-5-9-14)18-12-17(20)19-15-10-6-7-11-16(15)21-2/h3-11,13,18H,12H2,1-2H3,(H,19,20)/t13-/m0/s1. The van der Waals surface area contributed by atoms with Crippen LogP contribution in [0.15, 0.2) is 59.5 Å². The quantitative estimate of drug-likeness (QED) is 0.799. The molecular formula is C17H20N2OS. The fourth-order valence-electron chi connectivity index (χ4n) is 2.05. The minimum Gasteiger partial charge on any atom is -0.324 e. The van der Waals surface area contributed by atoms with Crippen LogP contribution in [-0.4, -0.2) is 18.7 Å². The SMILES string of the molecule is CSc1ccccc1NC(=O)CN[C@@H](C)c1ccccc1. The molecule has 0 radical (unpaired) electrons. The number of benzene rings is 2. The number of hydrogen-bond acceptors (Lipinski definition) is 3. The lowest BCUT2D eigenvalue weighted by Crippen LogP contribution is -2.30. The smallest absolute Gasteiger partial charge is 0.238 e. The zero-order chi connectivity index (χ0) is 15.1. The van der Waals surface area contributed by atoms with Gasteiger partial charge in [-0.05, 0) is 30.9 Å². The van der Waals surface area contributed by atoms with E-state index in [1.165, 1.54) is 5.56 Å². The summed E-state index contributed by atoms with van der Waals surface area (Å²) in [5, 5.41) is 6.18. The minimum atomic E-state index is -0.0284. The van der Waals surface area contributed by atoms with E-state index < -0.39 is 0 Å². The van der Waals surface area contributed by atoms with E-state index in [1.54, 1.807) is 11.8 Å². The van der Waals surface area contributed by atoms with E-state index in [-0.39, 0.29) is 11.9 Å². The van der Waals surface area contributed by atoms with Gasteiger partial charge in [0, 0.05) is 10.9 Å². The van der Waals surface area contributed by atoms with E-state index in [1.807, 2.05) is 48.7 Å². The molecule has 110 valence electrons. The van der Waals surface area contributed by atoms with Crippen LogP contribution in [0.25, 0.3) is 0 Å². The Morgan fingerprint density at radius 3 is 2.48 bits per heavy atom. The number of carbonyl (C=O) groups is 1. The first kappa shape index (κ1) is 15.6. The molecule has 4 heteroatoms. The van der Waals surface area contributed by atoms with Crippen molar-refractivity contribution in [1.82, 2.24) is 5.32 Å². The van der Waals surface area contributed by atoms with Crippen molar-refractivity contribution in [3.63, 3.8) is 0 Å². The van der Waals surface area contributed by atoms with Gasteiger partial charge in [-0.3, -0.25) is 4.79 Å². The molecule has 2 N–H and O–H groups in total. The van der Waals surface area contributed by atoms with E-state index in [2.05, 4.69) is 29.7 Å². The maximum atomic E-state index is 12.0. The molecule has 1 amide bonds. The average molecular weight is 300 g/mol. The molecule has 21 heavy (non-hydrogen) atoms. The van der Waals surface area contributed by atoms with Crippen LogP contribution in [-0.2, 0) is 4.79 Å². The number of thioether (sulfide) groups is 1. The molecule has 0 unspecified atom stereocenters. The lowest BCUT2D eigenvalue weighted by molar-refractivity contribution is -0.115. The van der Waals surface area contributed by atoms with Gasteiger partial charge in [0.15, 0.2) is 0 Å². The Morgan fingerprint density at radius 1 is 1.10 bits per heavy atom. The first-order valence-corrected chi connectivity index (χ1v) is 8.14. The van der Waals surface area contributed by atoms with Gasteiger partial charge in [-0.1, -0.05) is 42.5 Å². The highest BCUT2D eigenvalue weighted by Crippen LogP contribution is 2.24. The van der Waals surface area contributed by atoms with E-state index in [9.17, 15) is 4.79 Å². The molecule has 1 atom stereocenters. The van der Waals surface area contributed by atoms with E-state index in [0.717, 1.165) is 10.6 Å². The molecule has 0 heterocycles. The summed E-state index contributed by atoms with van der Waals surface area (Å²) in [6, 6.07) is 18.1. The van der Waals surface area contributed by atoms with Crippen LogP contribution < -0.4 is 10.6 Å². The zero-order valence-electron chi connectivity index (χ0n) is 12.3. The van der Waals surface area contributed by atoms with Gasteiger partial charge in [0.2, 0.25) is 5.91 Å². The normalized spacial score (nSPS) is 11.9. The minimum absolute atomic E-state index is 0.0284. The largest absolute Gasteiger partial charge is 0.324 e. The van der Waals surface area contributed by atoms with Crippen molar-refractivity contribution in [3.8, 4) is 0 Å². The Labute approximate surface area is 130 Å². The topological polar surface area (TPSA) is 41.1 Å². The Hall–Kier alpha value is -1.78. The Balaban J connectivity index is 1.88. The second-order valence-corrected chi connectivity index (χ2v) is 5.61. The third-order valence-electron chi connectivity index (χ3n) is 3.25. The van der Waals surface area contributed by atoms with Gasteiger partial charge in [0.1, 0.15) is 0 Å². The first-order chi connectivity index (χ1) is 10.2. The van der Waals surface area contributed by atoms with Crippen molar-refractivity contribution in [2.24, 2.45) is 0 Å². The molecule has 0 saturated carbocycles. The second kappa shape index (κ2) is 7.86. The second-order valence-electron chi connectivity index (χ2n) is 4.76. The highest BCUT2D eigenvalue weighted by Gasteiger charge is 2.09. The molecule has 0 aliphatic carbocycles. The lowest BCUT2D eigenvalue weighted by atomic mass is 10.1. The predicted molar refractivity (Wildman–Crippen MR) is 89.7 cm³/mol. The molecule has 2 rings (SSSR count). The summed E-state index contributed by atoms with van der Waals surface area (Å²) >= 11 is 1.62. The molecule has 0 spiro atoms. The monoisotopic (exact) mass is 300 g/mol. The van der Waals surface area contributed by atoms with Crippen molar-refractivity contribution in [2.45, 2.75) is 17.9 Å². The van der Waals surface area contributed by atoms with Gasteiger partial charge in [-0.25, -0.2) is 0 Å². The van der Waals surface area contributed by atoms with E-state index in [0.29, 0.717) is 6.54 Å². The molecule has 0 saturated heterocycles.